The minimum atomic E-state index is -0.350. The lowest BCUT2D eigenvalue weighted by Crippen LogP contribution is -2.26. The summed E-state index contributed by atoms with van der Waals surface area (Å²) in [6, 6.07) is 21.2. The summed E-state index contributed by atoms with van der Waals surface area (Å²) in [7, 11) is 0. The predicted molar refractivity (Wildman–Crippen MR) is 121 cm³/mol. The van der Waals surface area contributed by atoms with Gasteiger partial charge in [-0.2, -0.15) is 0 Å². The number of nitrogens with one attached hydrogen (secondary N) is 1. The zero-order valence-corrected chi connectivity index (χ0v) is 18.6. The first-order valence-electron chi connectivity index (χ1n) is 9.63. The molecular weight excluding hydrogens is 453 g/mol. The third-order valence-corrected chi connectivity index (χ3v) is 5.62. The van der Waals surface area contributed by atoms with Crippen molar-refractivity contribution < 1.29 is 9.13 Å². The maximum absolute atomic E-state index is 13.2. The second-order valence-electron chi connectivity index (χ2n) is 7.08. The first-order chi connectivity index (χ1) is 14.0. The molecule has 5 heteroatoms. The van der Waals surface area contributed by atoms with Crippen molar-refractivity contribution in [1.82, 2.24) is 5.32 Å². The van der Waals surface area contributed by atoms with Crippen molar-refractivity contribution in [2.75, 3.05) is 0 Å². The Kier molecular flexibility index (Phi) is 8.10. The Morgan fingerprint density at radius 1 is 1.03 bits per heavy atom. The number of halogens is 3. The molecule has 0 aliphatic heterocycles. The van der Waals surface area contributed by atoms with Crippen LogP contribution in [-0.4, -0.2) is 6.04 Å². The summed E-state index contributed by atoms with van der Waals surface area (Å²) in [5, 5.41) is 3.95. The molecule has 0 spiro atoms. The molecule has 2 nitrogen and oxygen atoms in total. The first kappa shape index (κ1) is 21.8. The molecule has 0 bridgehead atoms. The van der Waals surface area contributed by atoms with Crippen LogP contribution in [0.5, 0.6) is 5.75 Å². The van der Waals surface area contributed by atoms with E-state index in [2.05, 4.69) is 58.5 Å². The molecule has 1 N–H and O–H groups in total. The van der Waals surface area contributed by atoms with Crippen LogP contribution >= 0.6 is 27.5 Å². The van der Waals surface area contributed by atoms with E-state index in [0.717, 1.165) is 34.2 Å². The van der Waals surface area contributed by atoms with E-state index >= 15 is 0 Å². The van der Waals surface area contributed by atoms with Crippen molar-refractivity contribution >= 4 is 27.5 Å². The largest absolute Gasteiger partial charge is 0.489 e. The van der Waals surface area contributed by atoms with Crippen molar-refractivity contribution in [2.24, 2.45) is 0 Å². The summed E-state index contributed by atoms with van der Waals surface area (Å²) in [5.74, 6) is 0.438. The molecule has 0 unspecified atom stereocenters. The molecule has 0 saturated heterocycles. The van der Waals surface area contributed by atoms with Gasteiger partial charge in [-0.15, -0.1) is 0 Å². The van der Waals surface area contributed by atoms with E-state index < -0.39 is 0 Å². The van der Waals surface area contributed by atoms with Crippen molar-refractivity contribution in [3.63, 3.8) is 0 Å². The van der Waals surface area contributed by atoms with Gasteiger partial charge in [-0.25, -0.2) is 4.39 Å². The van der Waals surface area contributed by atoms with Crippen LogP contribution in [-0.2, 0) is 19.6 Å². The van der Waals surface area contributed by atoms with Crippen molar-refractivity contribution in [3.05, 3.63) is 98.7 Å². The maximum Gasteiger partial charge on any atom is 0.124 e. The van der Waals surface area contributed by atoms with Gasteiger partial charge in [0.25, 0.3) is 0 Å². The fraction of sp³-hybridized carbons (Fsp3) is 0.250. The predicted octanol–water partition coefficient (Wildman–Crippen LogP) is 6.93. The van der Waals surface area contributed by atoms with E-state index in [0.29, 0.717) is 17.6 Å². The van der Waals surface area contributed by atoms with Gasteiger partial charge in [0.15, 0.2) is 0 Å². The Hall–Kier alpha value is -1.88. The van der Waals surface area contributed by atoms with Crippen LogP contribution in [0.1, 0.15) is 30.0 Å². The van der Waals surface area contributed by atoms with E-state index in [1.165, 1.54) is 17.7 Å². The van der Waals surface area contributed by atoms with Gasteiger partial charge < -0.3 is 10.1 Å². The molecule has 1 atom stereocenters. The first-order valence-corrected chi connectivity index (χ1v) is 10.8. The zero-order valence-electron chi connectivity index (χ0n) is 16.3. The lowest BCUT2D eigenvalue weighted by molar-refractivity contribution is 0.301. The van der Waals surface area contributed by atoms with Gasteiger partial charge in [-0.1, -0.05) is 63.9 Å². The standard InChI is InChI=1S/C24H24BrClFNO/c1-17(7-8-18-5-3-2-4-6-18)28-15-20-13-21(25)10-12-24(20)29-16-19-9-11-22(27)14-23(19)26/h2-6,9-14,17,28H,7-8,15-16H2,1H3/t17-/m1/s1. The topological polar surface area (TPSA) is 21.3 Å². The summed E-state index contributed by atoms with van der Waals surface area (Å²) in [4.78, 5) is 0. The Labute approximate surface area is 185 Å². The number of hydrogen-bond donors (Lipinski definition) is 1. The zero-order chi connectivity index (χ0) is 20.6. The van der Waals surface area contributed by atoms with Crippen LogP contribution in [0.3, 0.4) is 0 Å². The highest BCUT2D eigenvalue weighted by Gasteiger charge is 2.09. The average molecular weight is 477 g/mol. The van der Waals surface area contributed by atoms with Crippen LogP contribution in [0.25, 0.3) is 0 Å². The number of hydrogen-bond acceptors (Lipinski definition) is 2. The molecule has 3 aromatic rings. The molecule has 152 valence electrons. The summed E-state index contributed by atoms with van der Waals surface area (Å²) < 4.78 is 20.2. The Bertz CT molecular complexity index is 935. The van der Waals surface area contributed by atoms with Crippen molar-refractivity contribution in [1.29, 1.82) is 0 Å². The van der Waals surface area contributed by atoms with Gasteiger partial charge in [0.1, 0.15) is 18.2 Å². The van der Waals surface area contributed by atoms with Gasteiger partial charge in [0, 0.05) is 28.2 Å². The smallest absolute Gasteiger partial charge is 0.124 e. The molecule has 29 heavy (non-hydrogen) atoms. The molecule has 3 rings (SSSR count). The number of benzene rings is 3. The average Bonchev–Trinajstić information content (AvgIpc) is 2.72. The molecule has 0 aromatic heterocycles. The van der Waals surface area contributed by atoms with Crippen LogP contribution in [0.15, 0.2) is 71.2 Å². The molecular formula is C24H24BrClFNO. The second kappa shape index (κ2) is 10.8. The molecule has 0 heterocycles. The number of rotatable bonds is 9. The minimum absolute atomic E-state index is 0.289. The Morgan fingerprint density at radius 3 is 2.59 bits per heavy atom. The summed E-state index contributed by atoms with van der Waals surface area (Å²) in [6.45, 7) is 3.18. The molecule has 0 aliphatic carbocycles. The van der Waals surface area contributed by atoms with Gasteiger partial charge in [0.05, 0.1) is 5.02 Å². The molecule has 0 radical (unpaired) electrons. The van der Waals surface area contributed by atoms with E-state index in [1.54, 1.807) is 6.07 Å². The molecule has 0 amide bonds. The Morgan fingerprint density at radius 2 is 1.83 bits per heavy atom. The fourth-order valence-corrected chi connectivity index (χ4v) is 3.67. The van der Waals surface area contributed by atoms with Gasteiger partial charge in [-0.05, 0) is 55.7 Å². The van der Waals surface area contributed by atoms with Crippen LogP contribution < -0.4 is 10.1 Å². The fourth-order valence-electron chi connectivity index (χ4n) is 3.04. The van der Waals surface area contributed by atoms with E-state index in [9.17, 15) is 4.39 Å². The molecule has 3 aromatic carbocycles. The quantitative estimate of drug-likeness (QED) is 0.361. The number of aryl methyl sites for hydroxylation is 1. The van der Waals surface area contributed by atoms with Gasteiger partial charge in [0.2, 0.25) is 0 Å². The highest BCUT2D eigenvalue weighted by molar-refractivity contribution is 9.10. The van der Waals surface area contributed by atoms with E-state index in [1.807, 2.05) is 18.2 Å². The summed E-state index contributed by atoms with van der Waals surface area (Å²) in [5.41, 5.74) is 3.17. The Balaban J connectivity index is 1.58. The van der Waals surface area contributed by atoms with Crippen molar-refractivity contribution in [2.45, 2.75) is 39.0 Å². The summed E-state index contributed by atoms with van der Waals surface area (Å²) in [6.07, 6.45) is 2.10. The monoisotopic (exact) mass is 475 g/mol. The van der Waals surface area contributed by atoms with Crippen molar-refractivity contribution in [3.8, 4) is 5.75 Å². The van der Waals surface area contributed by atoms with E-state index in [-0.39, 0.29) is 12.4 Å². The second-order valence-corrected chi connectivity index (χ2v) is 8.41. The lowest BCUT2D eigenvalue weighted by Gasteiger charge is -2.17. The highest BCUT2D eigenvalue weighted by Crippen LogP contribution is 2.26. The number of ether oxygens (including phenoxy) is 1. The third kappa shape index (κ3) is 6.84. The highest BCUT2D eigenvalue weighted by atomic mass is 79.9. The maximum atomic E-state index is 13.2. The normalized spacial score (nSPS) is 12.0. The van der Waals surface area contributed by atoms with Gasteiger partial charge >= 0.3 is 0 Å². The lowest BCUT2D eigenvalue weighted by atomic mass is 10.1. The van der Waals surface area contributed by atoms with Crippen LogP contribution in [0.2, 0.25) is 5.02 Å². The summed E-state index contributed by atoms with van der Waals surface area (Å²) >= 11 is 9.64. The molecule has 0 saturated carbocycles. The third-order valence-electron chi connectivity index (χ3n) is 4.77. The minimum Gasteiger partial charge on any atom is -0.489 e. The molecule has 0 aliphatic rings. The van der Waals surface area contributed by atoms with E-state index in [4.69, 9.17) is 16.3 Å². The SMILES string of the molecule is C[C@H](CCc1ccccc1)NCc1cc(Br)ccc1OCc1ccc(F)cc1Cl. The van der Waals surface area contributed by atoms with Crippen LogP contribution in [0, 0.1) is 5.82 Å². The molecule has 0 fully saturated rings. The van der Waals surface area contributed by atoms with Crippen LogP contribution in [0.4, 0.5) is 4.39 Å². The van der Waals surface area contributed by atoms with Gasteiger partial charge in [-0.3, -0.25) is 0 Å².